The number of carbonyl (C=O) groups is 1. The van der Waals surface area contributed by atoms with Gasteiger partial charge in [0.2, 0.25) is 5.91 Å². The van der Waals surface area contributed by atoms with E-state index in [0.717, 1.165) is 0 Å². The fourth-order valence-electron chi connectivity index (χ4n) is 0.846. The summed E-state index contributed by atoms with van der Waals surface area (Å²) >= 11 is 0. The molecule has 0 radical (unpaired) electrons. The smallest absolute Gasteiger partial charge is 0.221 e. The Morgan fingerprint density at radius 3 is 3.15 bits per heavy atom. The Balaban J connectivity index is 2.15. The second-order valence-electron chi connectivity index (χ2n) is 2.61. The molecule has 0 bridgehead atoms. The molecule has 1 rings (SSSR count). The van der Waals surface area contributed by atoms with Crippen molar-refractivity contribution in [3.63, 3.8) is 0 Å². The quantitative estimate of drug-likeness (QED) is 0.669. The molecule has 2 N–H and O–H groups in total. The second-order valence-corrected chi connectivity index (χ2v) is 2.61. The molecule has 0 saturated heterocycles. The molecule has 5 heteroatoms. The number of aromatic nitrogens is 1. The van der Waals surface area contributed by atoms with E-state index < -0.39 is 0 Å². The summed E-state index contributed by atoms with van der Waals surface area (Å²) in [4.78, 5) is 11.1. The zero-order chi connectivity index (χ0) is 9.52. The van der Waals surface area contributed by atoms with Crippen LogP contribution < -0.4 is 10.6 Å². The molecular weight excluding hydrogens is 170 g/mol. The molecule has 0 atom stereocenters. The van der Waals surface area contributed by atoms with Gasteiger partial charge in [-0.1, -0.05) is 5.16 Å². The molecule has 1 amide bonds. The van der Waals surface area contributed by atoms with Gasteiger partial charge in [0.05, 0.1) is 12.7 Å². The summed E-state index contributed by atoms with van der Waals surface area (Å²) in [7, 11) is 1.81. The summed E-state index contributed by atoms with van der Waals surface area (Å²) in [5.74, 6) is 0.670. The Labute approximate surface area is 76.5 Å². The standard InChI is InChI=1S/C8H13N3O2/c1-9-4-3-8(12)10-6-7-2-5-11-13-7/h2,5,9H,3-4,6H2,1H3,(H,10,12). The lowest BCUT2D eigenvalue weighted by Crippen LogP contribution is -2.25. The Hall–Kier alpha value is -1.36. The molecular formula is C8H13N3O2. The van der Waals surface area contributed by atoms with E-state index >= 15 is 0 Å². The minimum absolute atomic E-state index is 0.00532. The molecule has 1 aromatic heterocycles. The van der Waals surface area contributed by atoms with E-state index in [1.54, 1.807) is 12.3 Å². The molecule has 0 saturated carbocycles. The van der Waals surface area contributed by atoms with Crippen LogP contribution in [0.5, 0.6) is 0 Å². The van der Waals surface area contributed by atoms with Gasteiger partial charge in [-0.25, -0.2) is 0 Å². The third kappa shape index (κ3) is 3.71. The van der Waals surface area contributed by atoms with Crippen LogP contribution in [0.1, 0.15) is 12.2 Å². The highest BCUT2D eigenvalue weighted by Gasteiger charge is 2.01. The van der Waals surface area contributed by atoms with Gasteiger partial charge in [0.25, 0.3) is 0 Å². The normalized spacial score (nSPS) is 9.92. The largest absolute Gasteiger partial charge is 0.360 e. The molecule has 0 fully saturated rings. The fraction of sp³-hybridized carbons (Fsp3) is 0.500. The minimum atomic E-state index is 0.00532. The summed E-state index contributed by atoms with van der Waals surface area (Å²) in [6, 6.07) is 1.72. The van der Waals surface area contributed by atoms with Crippen molar-refractivity contribution >= 4 is 5.91 Å². The van der Waals surface area contributed by atoms with Gasteiger partial charge >= 0.3 is 0 Å². The first-order valence-corrected chi connectivity index (χ1v) is 4.14. The molecule has 1 aromatic rings. The Bertz CT molecular complexity index is 246. The van der Waals surface area contributed by atoms with Crippen LogP contribution in [0.2, 0.25) is 0 Å². The first kappa shape index (κ1) is 9.73. The lowest BCUT2D eigenvalue weighted by molar-refractivity contribution is -0.121. The number of rotatable bonds is 5. The van der Waals surface area contributed by atoms with Gasteiger partial charge in [0, 0.05) is 19.0 Å². The second kappa shape index (κ2) is 5.31. The van der Waals surface area contributed by atoms with Crippen molar-refractivity contribution in [1.82, 2.24) is 15.8 Å². The molecule has 0 aromatic carbocycles. The summed E-state index contributed by atoms with van der Waals surface area (Å²) in [5, 5.41) is 9.13. The number of hydrogen-bond acceptors (Lipinski definition) is 4. The van der Waals surface area contributed by atoms with Crippen molar-refractivity contribution in [2.24, 2.45) is 0 Å². The highest BCUT2D eigenvalue weighted by molar-refractivity contribution is 5.75. The monoisotopic (exact) mass is 183 g/mol. The Morgan fingerprint density at radius 2 is 2.54 bits per heavy atom. The molecule has 13 heavy (non-hydrogen) atoms. The third-order valence-electron chi connectivity index (χ3n) is 1.55. The maximum atomic E-state index is 11.1. The van der Waals surface area contributed by atoms with Crippen LogP contribution in [0.3, 0.4) is 0 Å². The van der Waals surface area contributed by atoms with E-state index in [-0.39, 0.29) is 5.91 Å². The summed E-state index contributed by atoms with van der Waals surface area (Å²) in [6.07, 6.45) is 2.03. The minimum Gasteiger partial charge on any atom is -0.360 e. The van der Waals surface area contributed by atoms with Crippen molar-refractivity contribution < 1.29 is 9.32 Å². The number of hydrogen-bond donors (Lipinski definition) is 2. The van der Waals surface area contributed by atoms with Crippen LogP contribution in [0.25, 0.3) is 0 Å². The van der Waals surface area contributed by atoms with Gasteiger partial charge < -0.3 is 15.2 Å². The maximum absolute atomic E-state index is 11.1. The van der Waals surface area contributed by atoms with Crippen molar-refractivity contribution in [3.05, 3.63) is 18.0 Å². The van der Waals surface area contributed by atoms with Crippen molar-refractivity contribution in [2.75, 3.05) is 13.6 Å². The lowest BCUT2D eigenvalue weighted by Gasteiger charge is -2.01. The van der Waals surface area contributed by atoms with Gasteiger partial charge in [-0.3, -0.25) is 4.79 Å². The molecule has 0 aliphatic rings. The topological polar surface area (TPSA) is 67.2 Å². The summed E-state index contributed by atoms with van der Waals surface area (Å²) < 4.78 is 4.81. The SMILES string of the molecule is CNCCC(=O)NCc1ccno1. The van der Waals surface area contributed by atoms with Crippen LogP contribution in [0.4, 0.5) is 0 Å². The molecule has 0 unspecified atom stereocenters. The highest BCUT2D eigenvalue weighted by atomic mass is 16.5. The van der Waals surface area contributed by atoms with Crippen LogP contribution in [-0.2, 0) is 11.3 Å². The first-order chi connectivity index (χ1) is 6.33. The average molecular weight is 183 g/mol. The predicted molar refractivity (Wildman–Crippen MR) is 46.9 cm³/mol. The third-order valence-corrected chi connectivity index (χ3v) is 1.55. The zero-order valence-corrected chi connectivity index (χ0v) is 7.54. The van der Waals surface area contributed by atoms with Gasteiger partial charge in [0.1, 0.15) is 0 Å². The molecule has 72 valence electrons. The van der Waals surface area contributed by atoms with Crippen molar-refractivity contribution in [3.8, 4) is 0 Å². The lowest BCUT2D eigenvalue weighted by atomic mass is 10.4. The van der Waals surface area contributed by atoms with E-state index in [1.807, 2.05) is 7.05 Å². The predicted octanol–water partition coefficient (Wildman–Crippen LogP) is -0.0997. The van der Waals surface area contributed by atoms with Crippen LogP contribution >= 0.6 is 0 Å². The maximum Gasteiger partial charge on any atom is 0.221 e. The van der Waals surface area contributed by atoms with Crippen molar-refractivity contribution in [1.29, 1.82) is 0 Å². The summed E-state index contributed by atoms with van der Waals surface area (Å²) in [6.45, 7) is 1.09. The van der Waals surface area contributed by atoms with E-state index in [4.69, 9.17) is 4.52 Å². The number of carbonyl (C=O) groups excluding carboxylic acids is 1. The number of nitrogens with one attached hydrogen (secondary N) is 2. The molecule has 1 heterocycles. The Morgan fingerprint density at radius 1 is 1.69 bits per heavy atom. The fourth-order valence-corrected chi connectivity index (χ4v) is 0.846. The van der Waals surface area contributed by atoms with Gasteiger partial charge in [-0.2, -0.15) is 0 Å². The molecule has 5 nitrogen and oxygen atoms in total. The number of amides is 1. The highest BCUT2D eigenvalue weighted by Crippen LogP contribution is 1.94. The van der Waals surface area contributed by atoms with E-state index in [0.29, 0.717) is 25.3 Å². The van der Waals surface area contributed by atoms with Gasteiger partial charge in [0.15, 0.2) is 5.76 Å². The van der Waals surface area contributed by atoms with E-state index in [2.05, 4.69) is 15.8 Å². The average Bonchev–Trinajstić information content (AvgIpc) is 2.64. The van der Waals surface area contributed by atoms with E-state index in [9.17, 15) is 4.79 Å². The van der Waals surface area contributed by atoms with Crippen molar-refractivity contribution in [2.45, 2.75) is 13.0 Å². The van der Waals surface area contributed by atoms with Gasteiger partial charge in [-0.05, 0) is 7.05 Å². The molecule has 0 spiro atoms. The zero-order valence-electron chi connectivity index (χ0n) is 7.54. The van der Waals surface area contributed by atoms with Crippen LogP contribution in [-0.4, -0.2) is 24.7 Å². The Kier molecular flexibility index (Phi) is 3.98. The van der Waals surface area contributed by atoms with Gasteiger partial charge in [-0.15, -0.1) is 0 Å². The molecule has 0 aliphatic heterocycles. The molecule has 0 aliphatic carbocycles. The number of nitrogens with zero attached hydrogens (tertiary/aromatic N) is 1. The van der Waals surface area contributed by atoms with Crippen LogP contribution in [0, 0.1) is 0 Å². The van der Waals surface area contributed by atoms with Crippen LogP contribution in [0.15, 0.2) is 16.8 Å². The van der Waals surface area contributed by atoms with E-state index in [1.165, 1.54) is 0 Å². The summed E-state index contributed by atoms with van der Waals surface area (Å²) in [5.41, 5.74) is 0. The first-order valence-electron chi connectivity index (χ1n) is 4.14.